The van der Waals surface area contributed by atoms with Crippen molar-refractivity contribution in [3.05, 3.63) is 12.2 Å². The Kier molecular flexibility index (Phi) is 53.9. The van der Waals surface area contributed by atoms with Crippen molar-refractivity contribution in [3.8, 4) is 0 Å². The smallest absolute Gasteiger partial charge is 0.220 e. The van der Waals surface area contributed by atoms with Gasteiger partial charge in [0.15, 0.2) is 6.29 Å². The fraction of sp³-hybridized carbons (Fsp3) is 0.955. The maximum atomic E-state index is 13.1. The third kappa shape index (κ3) is 45.4. The van der Waals surface area contributed by atoms with E-state index >= 15 is 0 Å². The van der Waals surface area contributed by atoms with E-state index in [1.54, 1.807) is 6.08 Å². The molecule has 0 aromatic carbocycles. The van der Waals surface area contributed by atoms with Gasteiger partial charge in [0, 0.05) is 6.42 Å². The molecule has 6 N–H and O–H groups in total. The Bertz CT molecular complexity index is 1190. The minimum absolute atomic E-state index is 0.168. The Morgan fingerprint density at radius 1 is 0.440 bits per heavy atom. The molecule has 7 unspecified atom stereocenters. The lowest BCUT2D eigenvalue weighted by molar-refractivity contribution is -0.302. The van der Waals surface area contributed by atoms with Crippen LogP contribution in [0, 0.1) is 0 Å². The van der Waals surface area contributed by atoms with Gasteiger partial charge in [0.1, 0.15) is 24.4 Å². The van der Waals surface area contributed by atoms with Crippen molar-refractivity contribution in [1.82, 2.24) is 5.32 Å². The Morgan fingerprint density at radius 3 is 1.04 bits per heavy atom. The second-order valence-corrected chi connectivity index (χ2v) is 23.6. The molecule has 0 bridgehead atoms. The van der Waals surface area contributed by atoms with Crippen LogP contribution in [0.5, 0.6) is 0 Å². The summed E-state index contributed by atoms with van der Waals surface area (Å²) < 4.78 is 11.3. The number of carbonyl (C=O) groups excluding carboxylic acids is 1. The van der Waals surface area contributed by atoms with Gasteiger partial charge in [-0.25, -0.2) is 0 Å². The summed E-state index contributed by atoms with van der Waals surface area (Å²) in [5.41, 5.74) is 0. The van der Waals surface area contributed by atoms with Crippen molar-refractivity contribution in [2.75, 3.05) is 13.2 Å². The van der Waals surface area contributed by atoms with Crippen LogP contribution in [-0.2, 0) is 14.3 Å². The molecule has 446 valence electrons. The van der Waals surface area contributed by atoms with E-state index in [-0.39, 0.29) is 12.5 Å². The number of ether oxygens (including phenoxy) is 2. The van der Waals surface area contributed by atoms with Crippen LogP contribution in [0.25, 0.3) is 0 Å². The summed E-state index contributed by atoms with van der Waals surface area (Å²) in [5.74, 6) is -0.168. The third-order valence-electron chi connectivity index (χ3n) is 16.4. The SMILES string of the molecule is CCCCCCCCCCCCCCCCCCCCCCCCCCCCCC/C=C/C(O)C(COC1OC(CO)C(O)C(O)C1O)NC(=O)CCCCCCCCCCCCCCCCCCCCCCCC. The number of aliphatic hydroxyl groups excluding tert-OH is 5. The predicted octanol–water partition coefficient (Wildman–Crippen LogP) is 17.5. The number of unbranched alkanes of at least 4 members (excludes halogenated alkanes) is 49. The highest BCUT2D eigenvalue weighted by molar-refractivity contribution is 5.76. The molecule has 0 aromatic heterocycles. The van der Waals surface area contributed by atoms with Gasteiger partial charge in [-0.2, -0.15) is 0 Å². The molecule has 0 saturated carbocycles. The Labute approximate surface area is 465 Å². The summed E-state index contributed by atoms with van der Waals surface area (Å²) in [5, 5.41) is 54.7. The summed E-state index contributed by atoms with van der Waals surface area (Å²) in [4.78, 5) is 13.1. The van der Waals surface area contributed by atoms with Gasteiger partial charge in [-0.3, -0.25) is 4.79 Å². The average Bonchev–Trinajstić information content (AvgIpc) is 3.41. The van der Waals surface area contributed by atoms with Gasteiger partial charge >= 0.3 is 0 Å². The topological polar surface area (TPSA) is 149 Å². The van der Waals surface area contributed by atoms with E-state index < -0.39 is 49.5 Å². The van der Waals surface area contributed by atoms with E-state index in [0.717, 1.165) is 38.5 Å². The molecular formula is C66H129NO8. The molecule has 1 amide bonds. The third-order valence-corrected chi connectivity index (χ3v) is 16.4. The summed E-state index contributed by atoms with van der Waals surface area (Å²) in [6.07, 6.45) is 64.5. The second-order valence-electron chi connectivity index (χ2n) is 23.6. The van der Waals surface area contributed by atoms with E-state index in [1.807, 2.05) is 6.08 Å². The zero-order valence-electron chi connectivity index (χ0n) is 49.8. The van der Waals surface area contributed by atoms with Gasteiger partial charge in [-0.05, 0) is 19.3 Å². The monoisotopic (exact) mass is 1060 g/mol. The van der Waals surface area contributed by atoms with Crippen LogP contribution >= 0.6 is 0 Å². The first-order valence-electron chi connectivity index (χ1n) is 33.4. The number of aliphatic hydroxyl groups is 5. The number of hydrogen-bond donors (Lipinski definition) is 6. The van der Waals surface area contributed by atoms with Gasteiger partial charge in [-0.15, -0.1) is 0 Å². The minimum atomic E-state index is -1.56. The zero-order valence-corrected chi connectivity index (χ0v) is 49.8. The molecule has 1 saturated heterocycles. The van der Waals surface area contributed by atoms with Crippen molar-refractivity contribution in [2.45, 2.75) is 391 Å². The normalized spacial score (nSPS) is 18.8. The highest BCUT2D eigenvalue weighted by Crippen LogP contribution is 2.23. The van der Waals surface area contributed by atoms with E-state index in [1.165, 1.54) is 289 Å². The molecule has 1 aliphatic rings. The first-order chi connectivity index (χ1) is 36.8. The van der Waals surface area contributed by atoms with Crippen molar-refractivity contribution in [2.24, 2.45) is 0 Å². The van der Waals surface area contributed by atoms with Gasteiger partial charge < -0.3 is 40.3 Å². The zero-order chi connectivity index (χ0) is 54.3. The molecule has 75 heavy (non-hydrogen) atoms. The summed E-state index contributed by atoms with van der Waals surface area (Å²) >= 11 is 0. The molecule has 0 aliphatic carbocycles. The summed E-state index contributed by atoms with van der Waals surface area (Å²) in [7, 11) is 0. The molecule has 1 fully saturated rings. The molecule has 0 radical (unpaired) electrons. The van der Waals surface area contributed by atoms with Gasteiger partial charge in [-0.1, -0.05) is 334 Å². The van der Waals surface area contributed by atoms with Crippen LogP contribution in [0.1, 0.15) is 348 Å². The van der Waals surface area contributed by atoms with Gasteiger partial charge in [0.2, 0.25) is 5.91 Å². The lowest BCUT2D eigenvalue weighted by atomic mass is 9.99. The Morgan fingerprint density at radius 2 is 0.733 bits per heavy atom. The maximum absolute atomic E-state index is 13.1. The molecule has 9 heteroatoms. The van der Waals surface area contributed by atoms with Crippen LogP contribution in [0.2, 0.25) is 0 Å². The molecular weight excluding hydrogens is 935 g/mol. The van der Waals surface area contributed by atoms with Crippen molar-refractivity contribution in [3.63, 3.8) is 0 Å². The molecule has 9 nitrogen and oxygen atoms in total. The number of rotatable bonds is 59. The molecule has 7 atom stereocenters. The standard InChI is InChI=1S/C66H129NO8/c1-3-5-7-9-11-13-15-17-19-21-23-25-27-28-29-30-31-32-33-34-35-37-39-41-43-45-47-49-51-53-55-60(69)59(58-74-66-65(73)64(72)63(71)61(57-68)75-66)67-62(70)56-54-52-50-48-46-44-42-40-38-36-26-24-22-20-18-16-14-12-10-8-6-4-2/h53,55,59-61,63-66,68-69,71-73H,3-52,54,56-58H2,1-2H3,(H,67,70)/b55-53+. The van der Waals surface area contributed by atoms with Crippen molar-refractivity contribution in [1.29, 1.82) is 0 Å². The van der Waals surface area contributed by atoms with E-state index in [0.29, 0.717) is 6.42 Å². The van der Waals surface area contributed by atoms with Crippen LogP contribution < -0.4 is 5.32 Å². The number of hydrogen-bond acceptors (Lipinski definition) is 8. The summed E-state index contributed by atoms with van der Waals surface area (Å²) in [6.45, 7) is 3.84. The molecule has 1 heterocycles. The molecule has 1 aliphatic heterocycles. The number of nitrogens with one attached hydrogen (secondary N) is 1. The fourth-order valence-corrected chi connectivity index (χ4v) is 11.1. The van der Waals surface area contributed by atoms with Crippen LogP contribution in [0.4, 0.5) is 0 Å². The highest BCUT2D eigenvalue weighted by atomic mass is 16.7. The number of amides is 1. The van der Waals surface area contributed by atoms with Crippen LogP contribution in [-0.4, -0.2) is 87.5 Å². The lowest BCUT2D eigenvalue weighted by Gasteiger charge is -2.40. The van der Waals surface area contributed by atoms with E-state index in [9.17, 15) is 30.3 Å². The quantitative estimate of drug-likeness (QED) is 0.0261. The fourth-order valence-electron chi connectivity index (χ4n) is 11.1. The Hall–Kier alpha value is -1.07. The molecule has 0 aromatic rings. The first kappa shape index (κ1) is 71.9. The Balaban J connectivity index is 2.14. The van der Waals surface area contributed by atoms with Crippen molar-refractivity contribution < 1.29 is 39.8 Å². The molecule has 1 rings (SSSR count). The van der Waals surface area contributed by atoms with Crippen molar-refractivity contribution >= 4 is 5.91 Å². The summed E-state index contributed by atoms with van der Waals surface area (Å²) in [6, 6.07) is -0.801. The number of allylic oxidation sites excluding steroid dienone is 1. The van der Waals surface area contributed by atoms with Crippen LogP contribution in [0.3, 0.4) is 0 Å². The van der Waals surface area contributed by atoms with E-state index in [4.69, 9.17) is 9.47 Å². The average molecular weight is 1060 g/mol. The largest absolute Gasteiger partial charge is 0.394 e. The van der Waals surface area contributed by atoms with Crippen LogP contribution in [0.15, 0.2) is 12.2 Å². The van der Waals surface area contributed by atoms with Gasteiger partial charge in [0.25, 0.3) is 0 Å². The maximum Gasteiger partial charge on any atom is 0.220 e. The first-order valence-corrected chi connectivity index (χ1v) is 33.4. The lowest BCUT2D eigenvalue weighted by Crippen LogP contribution is -2.60. The van der Waals surface area contributed by atoms with Gasteiger partial charge in [0.05, 0.1) is 25.4 Å². The second kappa shape index (κ2) is 56.2. The molecule has 0 spiro atoms. The van der Waals surface area contributed by atoms with E-state index in [2.05, 4.69) is 19.2 Å². The number of carbonyl (C=O) groups is 1. The minimum Gasteiger partial charge on any atom is -0.394 e. The highest BCUT2D eigenvalue weighted by Gasteiger charge is 2.44. The predicted molar refractivity (Wildman–Crippen MR) is 318 cm³/mol.